The van der Waals surface area contributed by atoms with Gasteiger partial charge in [0.15, 0.2) is 0 Å². The molecule has 0 aromatic heterocycles. The monoisotopic (exact) mass is 379 g/mol. The molecule has 0 saturated carbocycles. The molecule has 3 aromatic carbocycles. The van der Waals surface area contributed by atoms with E-state index < -0.39 is 11.6 Å². The Morgan fingerprint density at radius 1 is 0.893 bits per heavy atom. The highest BCUT2D eigenvalue weighted by Crippen LogP contribution is 2.52. The van der Waals surface area contributed by atoms with E-state index in [-0.39, 0.29) is 6.04 Å². The lowest BCUT2D eigenvalue weighted by Crippen LogP contribution is -2.58. The quantitative estimate of drug-likeness (QED) is 0.559. The Kier molecular flexibility index (Phi) is 4.02. The number of benzene rings is 3. The summed E-state index contributed by atoms with van der Waals surface area (Å²) in [7, 11) is 4.64. The summed E-state index contributed by atoms with van der Waals surface area (Å²) in [5.41, 5.74) is 2.43. The first-order chi connectivity index (χ1) is 13.6. The molecule has 2 unspecified atom stereocenters. The molecule has 2 atom stereocenters. The molecule has 5 heteroatoms. The molecule has 1 N–H and O–H groups in total. The van der Waals surface area contributed by atoms with Gasteiger partial charge in [0, 0.05) is 27.9 Å². The second kappa shape index (κ2) is 6.24. The van der Waals surface area contributed by atoms with Crippen LogP contribution in [-0.2, 0) is 20.6 Å². The number of fused-ring (bicyclic) bond motifs is 7. The van der Waals surface area contributed by atoms with E-state index in [0.717, 1.165) is 18.5 Å². The van der Waals surface area contributed by atoms with Gasteiger partial charge in [0.1, 0.15) is 0 Å². The van der Waals surface area contributed by atoms with Gasteiger partial charge in [-0.2, -0.15) is 0 Å². The highest BCUT2D eigenvalue weighted by Gasteiger charge is 2.67. The molecule has 1 saturated heterocycles. The van der Waals surface area contributed by atoms with Crippen LogP contribution in [0.25, 0.3) is 21.5 Å². The van der Waals surface area contributed by atoms with Gasteiger partial charge in [0.25, 0.3) is 0 Å². The van der Waals surface area contributed by atoms with E-state index in [1.54, 1.807) is 14.2 Å². The lowest BCUT2D eigenvalue weighted by molar-refractivity contribution is -0.366. The molecule has 5 rings (SSSR count). The summed E-state index contributed by atoms with van der Waals surface area (Å²) < 4.78 is 17.2. The zero-order chi connectivity index (χ0) is 19.5. The Balaban J connectivity index is 1.76. The van der Waals surface area contributed by atoms with Crippen LogP contribution < -0.4 is 0 Å². The second-order valence-corrected chi connectivity index (χ2v) is 7.70. The molecule has 0 spiro atoms. The topological polar surface area (TPSA) is 51.2 Å². The normalized spacial score (nSPS) is 26.5. The molecule has 1 fully saturated rings. The first-order valence-corrected chi connectivity index (χ1v) is 9.63. The van der Waals surface area contributed by atoms with E-state index >= 15 is 0 Å². The van der Waals surface area contributed by atoms with Gasteiger partial charge in [0.05, 0.1) is 12.6 Å². The molecular weight excluding hydrogens is 354 g/mol. The summed E-state index contributed by atoms with van der Waals surface area (Å²) in [5.74, 6) is -2.83. The summed E-state index contributed by atoms with van der Waals surface area (Å²) in [6, 6.07) is 17.0. The highest BCUT2D eigenvalue weighted by atomic mass is 16.8. The maximum Gasteiger partial charge on any atom is 0.244 e. The minimum Gasteiger partial charge on any atom is -0.360 e. The zero-order valence-electron chi connectivity index (χ0n) is 16.4. The van der Waals surface area contributed by atoms with Crippen molar-refractivity contribution < 1.29 is 19.3 Å². The Morgan fingerprint density at radius 3 is 2.39 bits per heavy atom. The van der Waals surface area contributed by atoms with Crippen molar-refractivity contribution in [2.75, 3.05) is 34.4 Å². The molecule has 3 aromatic rings. The third-order valence-corrected chi connectivity index (χ3v) is 6.65. The van der Waals surface area contributed by atoms with Crippen molar-refractivity contribution in [3.05, 3.63) is 59.7 Å². The van der Waals surface area contributed by atoms with E-state index in [4.69, 9.17) is 14.2 Å². The fourth-order valence-corrected chi connectivity index (χ4v) is 5.33. The second-order valence-electron chi connectivity index (χ2n) is 7.70. The van der Waals surface area contributed by atoms with Crippen LogP contribution in [0, 0.1) is 0 Å². The predicted octanol–water partition coefficient (Wildman–Crippen LogP) is 3.23. The average molecular weight is 379 g/mol. The van der Waals surface area contributed by atoms with E-state index in [1.807, 2.05) is 0 Å². The largest absolute Gasteiger partial charge is 0.360 e. The van der Waals surface area contributed by atoms with Crippen LogP contribution in [0.1, 0.15) is 17.2 Å². The lowest BCUT2D eigenvalue weighted by Gasteiger charge is -2.43. The lowest BCUT2D eigenvalue weighted by atomic mass is 9.84. The Labute approximate surface area is 164 Å². The third kappa shape index (κ3) is 2.14. The summed E-state index contributed by atoms with van der Waals surface area (Å²) in [5, 5.41) is 16.2. The maximum absolute atomic E-state index is 11.2. The van der Waals surface area contributed by atoms with Crippen LogP contribution in [0.5, 0.6) is 0 Å². The fourth-order valence-electron chi connectivity index (χ4n) is 5.33. The van der Waals surface area contributed by atoms with Crippen LogP contribution in [0.2, 0.25) is 0 Å². The van der Waals surface area contributed by atoms with Gasteiger partial charge in [-0.05, 0) is 39.1 Å². The van der Waals surface area contributed by atoms with Crippen LogP contribution in [0.4, 0.5) is 0 Å². The van der Waals surface area contributed by atoms with Crippen molar-refractivity contribution >= 4 is 21.5 Å². The molecule has 28 heavy (non-hydrogen) atoms. The summed E-state index contributed by atoms with van der Waals surface area (Å²) in [6.45, 7) is 1.15. The zero-order valence-corrected chi connectivity index (χ0v) is 16.4. The highest BCUT2D eigenvalue weighted by molar-refractivity contribution is 6.08. The van der Waals surface area contributed by atoms with Crippen LogP contribution >= 0.6 is 0 Å². The van der Waals surface area contributed by atoms with Gasteiger partial charge in [-0.1, -0.05) is 48.5 Å². The summed E-state index contributed by atoms with van der Waals surface area (Å²) in [4.78, 5) is 2.20. The SMILES string of the molecule is COC1(O)CN2CCc3c(ccc4c3ccc3ccccc34)C2C1(OC)OC. The first-order valence-electron chi connectivity index (χ1n) is 9.63. The van der Waals surface area contributed by atoms with Crippen molar-refractivity contribution in [2.45, 2.75) is 24.0 Å². The van der Waals surface area contributed by atoms with Gasteiger partial charge in [-0.15, -0.1) is 0 Å². The molecular formula is C23H25NO4. The molecule has 0 radical (unpaired) electrons. The van der Waals surface area contributed by atoms with Gasteiger partial charge in [0.2, 0.25) is 11.6 Å². The molecule has 0 aliphatic carbocycles. The number of hydrogen-bond acceptors (Lipinski definition) is 5. The van der Waals surface area contributed by atoms with E-state index in [2.05, 4.69) is 53.4 Å². The number of rotatable bonds is 3. The number of aliphatic hydroxyl groups is 1. The molecule has 2 aliphatic rings. The number of hydrogen-bond donors (Lipinski definition) is 1. The minimum absolute atomic E-state index is 0.243. The minimum atomic E-state index is -1.54. The first kappa shape index (κ1) is 18.0. The number of ether oxygens (including phenoxy) is 3. The molecule has 5 nitrogen and oxygen atoms in total. The third-order valence-electron chi connectivity index (χ3n) is 6.65. The molecule has 0 bridgehead atoms. The fraction of sp³-hybridized carbons (Fsp3) is 0.391. The van der Waals surface area contributed by atoms with Crippen LogP contribution in [-0.4, -0.2) is 56.0 Å². The van der Waals surface area contributed by atoms with Gasteiger partial charge in [-0.25, -0.2) is 0 Å². The van der Waals surface area contributed by atoms with E-state index in [0.29, 0.717) is 6.54 Å². The average Bonchev–Trinajstić information content (AvgIpc) is 3.01. The standard InChI is InChI=1S/C23H25NO4/c1-26-22(25)14-24-13-12-19-18-9-8-15-6-4-5-7-16(15)17(18)10-11-20(19)21(24)23(22,27-2)28-3/h4-11,21,25H,12-14H2,1-3H3. The van der Waals surface area contributed by atoms with Gasteiger partial charge < -0.3 is 19.3 Å². The van der Waals surface area contributed by atoms with Crippen molar-refractivity contribution in [1.82, 2.24) is 4.90 Å². The Bertz CT molecular complexity index is 1060. The smallest absolute Gasteiger partial charge is 0.244 e. The summed E-state index contributed by atoms with van der Waals surface area (Å²) in [6.07, 6.45) is 0.908. The van der Waals surface area contributed by atoms with Gasteiger partial charge in [-0.3, -0.25) is 4.90 Å². The Morgan fingerprint density at radius 2 is 1.64 bits per heavy atom. The van der Waals surface area contributed by atoms with Crippen molar-refractivity contribution in [3.8, 4) is 0 Å². The molecule has 2 heterocycles. The van der Waals surface area contributed by atoms with E-state index in [9.17, 15) is 5.11 Å². The van der Waals surface area contributed by atoms with Crippen LogP contribution in [0.3, 0.4) is 0 Å². The van der Waals surface area contributed by atoms with Gasteiger partial charge >= 0.3 is 0 Å². The maximum atomic E-state index is 11.2. The predicted molar refractivity (Wildman–Crippen MR) is 108 cm³/mol. The number of nitrogens with zero attached hydrogens (tertiary/aromatic N) is 1. The molecule has 146 valence electrons. The molecule has 2 aliphatic heterocycles. The van der Waals surface area contributed by atoms with E-state index in [1.165, 1.54) is 34.2 Å². The summed E-state index contributed by atoms with van der Waals surface area (Å²) >= 11 is 0. The molecule has 0 amide bonds. The van der Waals surface area contributed by atoms with Crippen molar-refractivity contribution in [1.29, 1.82) is 0 Å². The van der Waals surface area contributed by atoms with Crippen molar-refractivity contribution in [2.24, 2.45) is 0 Å². The number of methoxy groups -OCH3 is 3. The Hall–Kier alpha value is -2.02. The van der Waals surface area contributed by atoms with Crippen LogP contribution in [0.15, 0.2) is 48.5 Å². The van der Waals surface area contributed by atoms with Crippen molar-refractivity contribution in [3.63, 3.8) is 0 Å².